The van der Waals surface area contributed by atoms with E-state index >= 15 is 0 Å². The normalized spacial score (nSPS) is 10.2. The number of benzene rings is 2. The highest BCUT2D eigenvalue weighted by Gasteiger charge is 2.13. The number of methoxy groups -OCH3 is 2. The number of nitrogens with one attached hydrogen (secondary N) is 1. The Hall–Kier alpha value is -2.69. The van der Waals surface area contributed by atoms with Gasteiger partial charge >= 0.3 is 0 Å². The molecule has 0 aliphatic carbocycles. The molecule has 2 aromatic carbocycles. The van der Waals surface area contributed by atoms with Crippen LogP contribution in [0.5, 0.6) is 11.5 Å². The van der Waals surface area contributed by atoms with Gasteiger partial charge in [0.25, 0.3) is 5.91 Å². The first-order chi connectivity index (χ1) is 11.6. The molecule has 0 aromatic heterocycles. The maximum absolute atomic E-state index is 12.4. The third kappa shape index (κ3) is 4.19. The summed E-state index contributed by atoms with van der Waals surface area (Å²) in [6.45, 7) is 3.16. The van der Waals surface area contributed by atoms with Crippen molar-refractivity contribution < 1.29 is 14.3 Å². The summed E-state index contributed by atoms with van der Waals surface area (Å²) in [6, 6.07) is 13.5. The molecule has 0 atom stereocenters. The lowest BCUT2D eigenvalue weighted by Crippen LogP contribution is -2.33. The molecule has 1 N–H and O–H groups in total. The Morgan fingerprint density at radius 2 is 1.67 bits per heavy atom. The van der Waals surface area contributed by atoms with Gasteiger partial charge in [-0.25, -0.2) is 0 Å². The number of rotatable bonds is 7. The van der Waals surface area contributed by atoms with Gasteiger partial charge in [0.1, 0.15) is 11.5 Å². The van der Waals surface area contributed by atoms with Gasteiger partial charge in [-0.15, -0.1) is 0 Å². The lowest BCUT2D eigenvalue weighted by atomic mass is 10.1. The number of carbonyl (C=O) groups is 1. The monoisotopic (exact) mass is 328 g/mol. The fourth-order valence-electron chi connectivity index (χ4n) is 2.47. The summed E-state index contributed by atoms with van der Waals surface area (Å²) in [5, 5.41) is 2.93. The van der Waals surface area contributed by atoms with E-state index in [0.29, 0.717) is 23.6 Å². The lowest BCUT2D eigenvalue weighted by Gasteiger charge is -2.19. The van der Waals surface area contributed by atoms with Crippen LogP contribution in [0.3, 0.4) is 0 Å². The van der Waals surface area contributed by atoms with Crippen LogP contribution >= 0.6 is 0 Å². The van der Waals surface area contributed by atoms with Crippen molar-refractivity contribution in [2.75, 3.05) is 39.3 Å². The predicted octanol–water partition coefficient (Wildman–Crippen LogP) is 2.88. The Bertz CT molecular complexity index is 661. The number of ether oxygens (including phenoxy) is 2. The van der Waals surface area contributed by atoms with Crippen LogP contribution in [-0.4, -0.2) is 40.3 Å². The van der Waals surface area contributed by atoms with Gasteiger partial charge in [0.2, 0.25) is 0 Å². The zero-order valence-corrected chi connectivity index (χ0v) is 14.6. The van der Waals surface area contributed by atoms with E-state index in [-0.39, 0.29) is 5.91 Å². The summed E-state index contributed by atoms with van der Waals surface area (Å²) in [6.07, 6.45) is 0. The summed E-state index contributed by atoms with van der Waals surface area (Å²) >= 11 is 0. The highest BCUT2D eigenvalue weighted by Crippen LogP contribution is 2.29. The molecule has 0 radical (unpaired) electrons. The van der Waals surface area contributed by atoms with Crippen molar-refractivity contribution in [1.82, 2.24) is 5.32 Å². The molecule has 0 saturated heterocycles. The molecule has 0 unspecified atom stereocenters. The van der Waals surface area contributed by atoms with Crippen molar-refractivity contribution in [3.63, 3.8) is 0 Å². The SMILES string of the molecule is COc1cc(C(=O)NCCN(C)c2ccccc2)cc(OC)c1C. The minimum absolute atomic E-state index is 0.145. The number of likely N-dealkylation sites (N-methyl/N-ethyl adjacent to an activating group) is 1. The predicted molar refractivity (Wildman–Crippen MR) is 96.3 cm³/mol. The number of anilines is 1. The third-order valence-corrected chi connectivity index (χ3v) is 3.94. The molecule has 0 bridgehead atoms. The average Bonchev–Trinajstić information content (AvgIpc) is 2.62. The molecule has 1 amide bonds. The van der Waals surface area contributed by atoms with E-state index in [1.165, 1.54) is 0 Å². The number of para-hydroxylation sites is 1. The largest absolute Gasteiger partial charge is 0.496 e. The Balaban J connectivity index is 1.97. The molecule has 24 heavy (non-hydrogen) atoms. The lowest BCUT2D eigenvalue weighted by molar-refractivity contribution is 0.0954. The van der Waals surface area contributed by atoms with E-state index in [9.17, 15) is 4.79 Å². The number of hydrogen-bond donors (Lipinski definition) is 1. The van der Waals surface area contributed by atoms with Gasteiger partial charge in [-0.3, -0.25) is 4.79 Å². The topological polar surface area (TPSA) is 50.8 Å². The summed E-state index contributed by atoms with van der Waals surface area (Å²) in [5.74, 6) is 1.13. The minimum Gasteiger partial charge on any atom is -0.496 e. The zero-order chi connectivity index (χ0) is 17.5. The average molecular weight is 328 g/mol. The van der Waals surface area contributed by atoms with Gasteiger partial charge < -0.3 is 19.7 Å². The van der Waals surface area contributed by atoms with E-state index in [1.807, 2.05) is 44.3 Å². The zero-order valence-electron chi connectivity index (χ0n) is 14.6. The maximum Gasteiger partial charge on any atom is 0.251 e. The van der Waals surface area contributed by atoms with Crippen molar-refractivity contribution >= 4 is 11.6 Å². The van der Waals surface area contributed by atoms with Crippen LogP contribution < -0.4 is 19.7 Å². The number of carbonyl (C=O) groups excluding carboxylic acids is 1. The van der Waals surface area contributed by atoms with E-state index in [2.05, 4.69) is 10.2 Å². The van der Waals surface area contributed by atoms with Crippen molar-refractivity contribution in [1.29, 1.82) is 0 Å². The molecule has 5 heteroatoms. The van der Waals surface area contributed by atoms with Gasteiger partial charge in [-0.2, -0.15) is 0 Å². The van der Waals surface area contributed by atoms with Crippen LogP contribution in [0.1, 0.15) is 15.9 Å². The molecule has 2 aromatic rings. The Morgan fingerprint density at radius 3 is 2.21 bits per heavy atom. The van der Waals surface area contributed by atoms with Crippen LogP contribution in [0.25, 0.3) is 0 Å². The molecular formula is C19H24N2O3. The van der Waals surface area contributed by atoms with Crippen LogP contribution in [0.4, 0.5) is 5.69 Å². The molecule has 0 aliphatic heterocycles. The van der Waals surface area contributed by atoms with E-state index < -0.39 is 0 Å². The fourth-order valence-corrected chi connectivity index (χ4v) is 2.47. The second kappa shape index (κ2) is 8.24. The second-order valence-corrected chi connectivity index (χ2v) is 5.52. The molecule has 0 spiro atoms. The summed E-state index contributed by atoms with van der Waals surface area (Å²) < 4.78 is 10.6. The number of nitrogens with zero attached hydrogens (tertiary/aromatic N) is 1. The molecule has 0 aliphatic rings. The Kier molecular flexibility index (Phi) is 6.07. The van der Waals surface area contributed by atoms with Gasteiger partial charge in [0.15, 0.2) is 0 Å². The van der Waals surface area contributed by atoms with Gasteiger partial charge in [-0.05, 0) is 31.2 Å². The molecular weight excluding hydrogens is 304 g/mol. The summed E-state index contributed by atoms with van der Waals surface area (Å²) in [7, 11) is 5.16. The Labute approximate surface area is 143 Å². The van der Waals surface area contributed by atoms with Crippen LogP contribution in [0.2, 0.25) is 0 Å². The van der Waals surface area contributed by atoms with Crippen molar-refractivity contribution in [3.05, 3.63) is 53.6 Å². The first kappa shape index (κ1) is 17.7. The van der Waals surface area contributed by atoms with Crippen molar-refractivity contribution in [3.8, 4) is 11.5 Å². The molecule has 0 fully saturated rings. The van der Waals surface area contributed by atoms with Crippen LogP contribution in [0, 0.1) is 6.92 Å². The van der Waals surface area contributed by atoms with E-state index in [1.54, 1.807) is 26.4 Å². The molecule has 0 saturated carbocycles. The van der Waals surface area contributed by atoms with E-state index in [0.717, 1.165) is 17.8 Å². The van der Waals surface area contributed by atoms with Crippen LogP contribution in [0.15, 0.2) is 42.5 Å². The maximum atomic E-state index is 12.4. The smallest absolute Gasteiger partial charge is 0.251 e. The van der Waals surface area contributed by atoms with Gasteiger partial charge in [0.05, 0.1) is 14.2 Å². The second-order valence-electron chi connectivity index (χ2n) is 5.52. The highest BCUT2D eigenvalue weighted by molar-refractivity contribution is 5.95. The first-order valence-electron chi connectivity index (χ1n) is 7.83. The third-order valence-electron chi connectivity index (χ3n) is 3.94. The number of hydrogen-bond acceptors (Lipinski definition) is 4. The highest BCUT2D eigenvalue weighted by atomic mass is 16.5. The minimum atomic E-state index is -0.145. The summed E-state index contributed by atoms with van der Waals surface area (Å²) in [4.78, 5) is 14.5. The van der Waals surface area contributed by atoms with Crippen molar-refractivity contribution in [2.45, 2.75) is 6.92 Å². The quantitative estimate of drug-likeness (QED) is 0.849. The number of amides is 1. The first-order valence-corrected chi connectivity index (χ1v) is 7.83. The molecule has 0 heterocycles. The molecule has 5 nitrogen and oxygen atoms in total. The fraction of sp³-hybridized carbons (Fsp3) is 0.316. The van der Waals surface area contributed by atoms with Crippen molar-refractivity contribution in [2.24, 2.45) is 0 Å². The van der Waals surface area contributed by atoms with E-state index in [4.69, 9.17) is 9.47 Å². The van der Waals surface area contributed by atoms with Gasteiger partial charge in [-0.1, -0.05) is 18.2 Å². The summed E-state index contributed by atoms with van der Waals surface area (Å²) in [5.41, 5.74) is 2.52. The molecule has 128 valence electrons. The van der Waals surface area contributed by atoms with Gasteiger partial charge in [0, 0.05) is 37.0 Å². The van der Waals surface area contributed by atoms with Crippen LogP contribution in [-0.2, 0) is 0 Å². The standard InChI is InChI=1S/C19H24N2O3/c1-14-17(23-3)12-15(13-18(14)24-4)19(22)20-10-11-21(2)16-8-6-5-7-9-16/h5-9,12-13H,10-11H2,1-4H3,(H,20,22). The molecule has 2 rings (SSSR count). The Morgan fingerprint density at radius 1 is 1.08 bits per heavy atom.